The van der Waals surface area contributed by atoms with Crippen molar-refractivity contribution in [3.05, 3.63) is 59.7 Å². The summed E-state index contributed by atoms with van der Waals surface area (Å²) in [6, 6.07) is 16.3. The van der Waals surface area contributed by atoms with Crippen LogP contribution in [0.4, 0.5) is 0 Å². The van der Waals surface area contributed by atoms with Crippen molar-refractivity contribution in [2.75, 3.05) is 47.9 Å². The fourth-order valence-corrected chi connectivity index (χ4v) is 3.23. The number of ether oxygens (including phenoxy) is 2. The third kappa shape index (κ3) is 6.68. The average Bonchev–Trinajstić information content (AvgIpc) is 2.74. The van der Waals surface area contributed by atoms with Crippen LogP contribution >= 0.6 is 0 Å². The first kappa shape index (κ1) is 22.6. The molecule has 0 fully saturated rings. The van der Waals surface area contributed by atoms with Crippen molar-refractivity contribution >= 4 is 5.96 Å². The molecule has 2 N–H and O–H groups in total. The molecule has 0 heterocycles. The van der Waals surface area contributed by atoms with Crippen LogP contribution in [-0.2, 0) is 6.42 Å². The van der Waals surface area contributed by atoms with E-state index in [0.29, 0.717) is 6.54 Å². The minimum Gasteiger partial charge on any atom is -0.496 e. The van der Waals surface area contributed by atoms with Crippen LogP contribution in [0.3, 0.4) is 0 Å². The molecule has 0 aliphatic carbocycles. The summed E-state index contributed by atoms with van der Waals surface area (Å²) >= 11 is 0. The van der Waals surface area contributed by atoms with E-state index in [1.807, 2.05) is 36.4 Å². The first-order valence-corrected chi connectivity index (χ1v) is 10.0. The van der Waals surface area contributed by atoms with E-state index >= 15 is 0 Å². The number of guanidine groups is 1. The van der Waals surface area contributed by atoms with Gasteiger partial charge >= 0.3 is 0 Å². The first-order chi connectivity index (χ1) is 14.1. The molecule has 0 aromatic heterocycles. The highest BCUT2D eigenvalue weighted by molar-refractivity contribution is 5.79. The van der Waals surface area contributed by atoms with Gasteiger partial charge in [-0.2, -0.15) is 0 Å². The van der Waals surface area contributed by atoms with E-state index in [1.54, 1.807) is 14.2 Å². The normalized spacial score (nSPS) is 12.6. The van der Waals surface area contributed by atoms with E-state index in [1.165, 1.54) is 5.56 Å². The van der Waals surface area contributed by atoms with E-state index in [9.17, 15) is 0 Å². The molecular formula is C23H34N4O2. The number of likely N-dealkylation sites (N-methyl/N-ethyl adjacent to an activating group) is 1. The monoisotopic (exact) mass is 398 g/mol. The van der Waals surface area contributed by atoms with Crippen LogP contribution in [0.1, 0.15) is 24.1 Å². The van der Waals surface area contributed by atoms with E-state index in [-0.39, 0.29) is 6.04 Å². The fourth-order valence-electron chi connectivity index (χ4n) is 3.23. The summed E-state index contributed by atoms with van der Waals surface area (Å²) in [5.74, 6) is 2.61. The summed E-state index contributed by atoms with van der Waals surface area (Å²) < 4.78 is 11.0. The second-order valence-electron chi connectivity index (χ2n) is 6.93. The van der Waals surface area contributed by atoms with Gasteiger partial charge in [0, 0.05) is 18.7 Å². The van der Waals surface area contributed by atoms with Crippen LogP contribution in [-0.4, -0.2) is 58.8 Å². The van der Waals surface area contributed by atoms with Crippen molar-refractivity contribution < 1.29 is 9.47 Å². The maximum absolute atomic E-state index is 5.55. The molecule has 2 rings (SSSR count). The SMILES string of the molecule is CCNC(=NCC(c1ccccc1OC)N(C)C)NCCc1ccccc1OC. The van der Waals surface area contributed by atoms with Gasteiger partial charge in [-0.3, -0.25) is 4.99 Å². The third-order valence-electron chi connectivity index (χ3n) is 4.77. The van der Waals surface area contributed by atoms with Gasteiger partial charge in [0.1, 0.15) is 11.5 Å². The maximum Gasteiger partial charge on any atom is 0.191 e. The lowest BCUT2D eigenvalue weighted by molar-refractivity contribution is 0.295. The molecule has 2 aromatic rings. The summed E-state index contributed by atoms with van der Waals surface area (Å²) in [5, 5.41) is 6.76. The minimum absolute atomic E-state index is 0.121. The molecule has 0 aliphatic rings. The Balaban J connectivity index is 2.06. The number of methoxy groups -OCH3 is 2. The van der Waals surface area contributed by atoms with Crippen molar-refractivity contribution in [1.29, 1.82) is 0 Å². The molecule has 6 nitrogen and oxygen atoms in total. The first-order valence-electron chi connectivity index (χ1n) is 10.0. The van der Waals surface area contributed by atoms with E-state index in [0.717, 1.165) is 42.5 Å². The molecule has 0 aliphatic heterocycles. The molecule has 29 heavy (non-hydrogen) atoms. The number of rotatable bonds is 10. The predicted molar refractivity (Wildman–Crippen MR) is 120 cm³/mol. The lowest BCUT2D eigenvalue weighted by Gasteiger charge is -2.25. The molecule has 0 bridgehead atoms. The van der Waals surface area contributed by atoms with E-state index in [4.69, 9.17) is 14.5 Å². The van der Waals surface area contributed by atoms with Gasteiger partial charge < -0.3 is 25.0 Å². The molecule has 0 radical (unpaired) electrons. The standard InChI is InChI=1S/C23H34N4O2/c1-6-24-23(25-16-15-18-11-7-9-13-21(18)28-4)26-17-20(27(2)3)19-12-8-10-14-22(19)29-5/h7-14,20H,6,15-17H2,1-5H3,(H2,24,25,26). The Hall–Kier alpha value is -2.73. The molecule has 1 atom stereocenters. The zero-order valence-electron chi connectivity index (χ0n) is 18.2. The van der Waals surface area contributed by atoms with Gasteiger partial charge in [0.2, 0.25) is 0 Å². The van der Waals surface area contributed by atoms with Gasteiger partial charge in [-0.05, 0) is 45.1 Å². The van der Waals surface area contributed by atoms with Gasteiger partial charge in [0.25, 0.3) is 0 Å². The fraction of sp³-hybridized carbons (Fsp3) is 0.435. The average molecular weight is 399 g/mol. The van der Waals surface area contributed by atoms with Crippen LogP contribution in [0.2, 0.25) is 0 Å². The second kappa shape index (κ2) is 12.0. The van der Waals surface area contributed by atoms with E-state index in [2.05, 4.69) is 48.7 Å². The van der Waals surface area contributed by atoms with Crippen LogP contribution < -0.4 is 20.1 Å². The summed E-state index contributed by atoms with van der Waals surface area (Å²) in [6.45, 7) is 4.27. The van der Waals surface area contributed by atoms with Gasteiger partial charge in [0.15, 0.2) is 5.96 Å². The molecule has 158 valence electrons. The Morgan fingerprint density at radius 1 is 0.966 bits per heavy atom. The topological polar surface area (TPSA) is 58.1 Å². The molecular weight excluding hydrogens is 364 g/mol. The Bertz CT molecular complexity index is 777. The Kier molecular flexibility index (Phi) is 9.31. The predicted octanol–water partition coefficient (Wildman–Crippen LogP) is 3.10. The van der Waals surface area contributed by atoms with Crippen molar-refractivity contribution in [3.8, 4) is 11.5 Å². The molecule has 0 saturated carbocycles. The number of para-hydroxylation sites is 2. The molecule has 6 heteroatoms. The van der Waals surface area contributed by atoms with Crippen LogP contribution in [0.25, 0.3) is 0 Å². The van der Waals surface area contributed by atoms with Crippen molar-refractivity contribution in [3.63, 3.8) is 0 Å². The van der Waals surface area contributed by atoms with Gasteiger partial charge in [-0.1, -0.05) is 36.4 Å². The summed E-state index contributed by atoms with van der Waals surface area (Å²) in [5.41, 5.74) is 2.31. The Morgan fingerprint density at radius 2 is 1.62 bits per heavy atom. The lowest BCUT2D eigenvalue weighted by atomic mass is 10.0. The number of nitrogens with one attached hydrogen (secondary N) is 2. The third-order valence-corrected chi connectivity index (χ3v) is 4.77. The summed E-state index contributed by atoms with van der Waals surface area (Å²) in [6.07, 6.45) is 0.859. The Morgan fingerprint density at radius 3 is 2.28 bits per heavy atom. The number of aliphatic imine (C=N–C) groups is 1. The number of hydrogen-bond donors (Lipinski definition) is 2. The molecule has 0 amide bonds. The summed E-state index contributed by atoms with van der Waals surface area (Å²) in [7, 11) is 7.54. The maximum atomic E-state index is 5.55. The van der Waals surface area contributed by atoms with Crippen LogP contribution in [0.5, 0.6) is 11.5 Å². The quantitative estimate of drug-likeness (QED) is 0.476. The number of nitrogens with zero attached hydrogens (tertiary/aromatic N) is 2. The summed E-state index contributed by atoms with van der Waals surface area (Å²) in [4.78, 5) is 6.99. The second-order valence-corrected chi connectivity index (χ2v) is 6.93. The number of hydrogen-bond acceptors (Lipinski definition) is 4. The number of benzene rings is 2. The molecule has 1 unspecified atom stereocenters. The molecule has 0 saturated heterocycles. The van der Waals surface area contributed by atoms with Crippen LogP contribution in [0.15, 0.2) is 53.5 Å². The zero-order valence-corrected chi connectivity index (χ0v) is 18.2. The zero-order chi connectivity index (χ0) is 21.1. The highest BCUT2D eigenvalue weighted by Gasteiger charge is 2.18. The van der Waals surface area contributed by atoms with Crippen molar-refractivity contribution in [1.82, 2.24) is 15.5 Å². The largest absolute Gasteiger partial charge is 0.496 e. The van der Waals surface area contributed by atoms with Crippen LogP contribution in [0, 0.1) is 0 Å². The minimum atomic E-state index is 0.121. The van der Waals surface area contributed by atoms with Gasteiger partial charge in [-0.15, -0.1) is 0 Å². The Labute approximate surface area is 174 Å². The van der Waals surface area contributed by atoms with Crippen molar-refractivity contribution in [2.45, 2.75) is 19.4 Å². The lowest BCUT2D eigenvalue weighted by Crippen LogP contribution is -2.39. The smallest absolute Gasteiger partial charge is 0.191 e. The van der Waals surface area contributed by atoms with Gasteiger partial charge in [0.05, 0.1) is 26.8 Å². The highest BCUT2D eigenvalue weighted by atomic mass is 16.5. The molecule has 0 spiro atoms. The molecule has 2 aromatic carbocycles. The van der Waals surface area contributed by atoms with Gasteiger partial charge in [-0.25, -0.2) is 0 Å². The highest BCUT2D eigenvalue weighted by Crippen LogP contribution is 2.28. The van der Waals surface area contributed by atoms with E-state index < -0.39 is 0 Å². The van der Waals surface area contributed by atoms with Crippen molar-refractivity contribution in [2.24, 2.45) is 4.99 Å².